The van der Waals surface area contributed by atoms with E-state index in [0.717, 1.165) is 5.56 Å². The first-order valence-electron chi connectivity index (χ1n) is 7.76. The van der Waals surface area contributed by atoms with Gasteiger partial charge in [0.2, 0.25) is 5.91 Å². The van der Waals surface area contributed by atoms with Crippen molar-refractivity contribution in [1.29, 1.82) is 0 Å². The predicted molar refractivity (Wildman–Crippen MR) is 94.8 cm³/mol. The van der Waals surface area contributed by atoms with E-state index in [0.29, 0.717) is 29.5 Å². The zero-order chi connectivity index (χ0) is 18.4. The van der Waals surface area contributed by atoms with Crippen LogP contribution in [0.25, 0.3) is 0 Å². The maximum absolute atomic E-state index is 12.3. The minimum absolute atomic E-state index is 0.144. The summed E-state index contributed by atoms with van der Waals surface area (Å²) < 4.78 is 17.5. The predicted octanol–water partition coefficient (Wildman–Crippen LogP) is 2.21. The molecule has 134 valence electrons. The Morgan fingerprint density at radius 1 is 1.12 bits per heavy atom. The van der Waals surface area contributed by atoms with E-state index in [1.54, 1.807) is 31.5 Å². The molecule has 0 radical (unpaired) electrons. The van der Waals surface area contributed by atoms with Crippen molar-refractivity contribution in [2.75, 3.05) is 26.6 Å². The number of benzene rings is 1. The summed E-state index contributed by atoms with van der Waals surface area (Å²) in [5, 5.41) is 2.80. The molecule has 0 saturated heterocycles. The van der Waals surface area contributed by atoms with Gasteiger partial charge in [-0.15, -0.1) is 0 Å². The number of nitrogens with one attached hydrogen (secondary N) is 1. The highest BCUT2D eigenvalue weighted by atomic mass is 16.5. The third-order valence-corrected chi connectivity index (χ3v) is 3.81. The number of aromatic nitrogens is 1. The average molecular weight is 346 g/mol. The highest BCUT2D eigenvalue weighted by Gasteiger charge is 2.18. The van der Waals surface area contributed by atoms with Crippen LogP contribution in [0.15, 0.2) is 35.3 Å². The van der Waals surface area contributed by atoms with Gasteiger partial charge in [0, 0.05) is 36.9 Å². The van der Waals surface area contributed by atoms with Gasteiger partial charge in [0.1, 0.15) is 5.75 Å². The number of ether oxygens (including phenoxy) is 3. The third kappa shape index (κ3) is 4.12. The Morgan fingerprint density at radius 3 is 2.44 bits per heavy atom. The van der Waals surface area contributed by atoms with E-state index in [-0.39, 0.29) is 17.9 Å². The summed E-state index contributed by atoms with van der Waals surface area (Å²) in [6.07, 6.45) is 1.80. The average Bonchev–Trinajstić information content (AvgIpc) is 2.60. The number of pyridine rings is 1. The molecule has 1 heterocycles. The second kappa shape index (κ2) is 8.23. The van der Waals surface area contributed by atoms with Crippen molar-refractivity contribution in [1.82, 2.24) is 4.57 Å². The van der Waals surface area contributed by atoms with Gasteiger partial charge < -0.3 is 24.1 Å². The number of anilines is 1. The van der Waals surface area contributed by atoms with Crippen molar-refractivity contribution in [2.24, 2.45) is 0 Å². The molecule has 0 aliphatic carbocycles. The standard InChI is InChI=1S/C18H22N2O5/c1-12-17(24-3)13(11-14(23-2)18(12)25-4)19-15(21)8-10-20-9-6-5-7-16(20)22/h5-7,9,11H,8,10H2,1-4H3,(H,19,21). The van der Waals surface area contributed by atoms with Crippen molar-refractivity contribution in [3.63, 3.8) is 0 Å². The number of aryl methyl sites for hydroxylation is 1. The summed E-state index contributed by atoms with van der Waals surface area (Å²) in [5.74, 6) is 1.31. The summed E-state index contributed by atoms with van der Waals surface area (Å²) in [4.78, 5) is 23.9. The van der Waals surface area contributed by atoms with E-state index in [4.69, 9.17) is 14.2 Å². The van der Waals surface area contributed by atoms with Gasteiger partial charge in [-0.2, -0.15) is 0 Å². The van der Waals surface area contributed by atoms with Crippen molar-refractivity contribution < 1.29 is 19.0 Å². The summed E-state index contributed by atoms with van der Waals surface area (Å²) >= 11 is 0. The van der Waals surface area contributed by atoms with E-state index < -0.39 is 0 Å². The molecule has 2 rings (SSSR count). The Balaban J connectivity index is 2.18. The molecule has 7 nitrogen and oxygen atoms in total. The molecular weight excluding hydrogens is 324 g/mol. The van der Waals surface area contributed by atoms with Crippen LogP contribution in [0.2, 0.25) is 0 Å². The number of carbonyl (C=O) groups excluding carboxylic acids is 1. The van der Waals surface area contributed by atoms with Crippen molar-refractivity contribution in [3.8, 4) is 17.2 Å². The van der Waals surface area contributed by atoms with Gasteiger partial charge in [-0.1, -0.05) is 6.07 Å². The minimum atomic E-state index is -0.235. The third-order valence-electron chi connectivity index (χ3n) is 3.81. The summed E-state index contributed by atoms with van der Waals surface area (Å²) in [5.41, 5.74) is 1.07. The molecule has 0 bridgehead atoms. The first-order chi connectivity index (χ1) is 12.0. The number of nitrogens with zero attached hydrogens (tertiary/aromatic N) is 1. The van der Waals surface area contributed by atoms with Gasteiger partial charge in [-0.3, -0.25) is 9.59 Å². The minimum Gasteiger partial charge on any atom is -0.494 e. The van der Waals surface area contributed by atoms with Gasteiger partial charge in [-0.25, -0.2) is 0 Å². The Bertz CT molecular complexity index is 814. The number of hydrogen-bond donors (Lipinski definition) is 1. The first kappa shape index (κ1) is 18.4. The smallest absolute Gasteiger partial charge is 0.250 e. The van der Waals surface area contributed by atoms with Crippen LogP contribution in [0, 0.1) is 6.92 Å². The van der Waals surface area contributed by atoms with Crippen molar-refractivity contribution in [3.05, 3.63) is 46.4 Å². The highest BCUT2D eigenvalue weighted by Crippen LogP contribution is 2.42. The van der Waals surface area contributed by atoms with Crippen LogP contribution < -0.4 is 25.1 Å². The lowest BCUT2D eigenvalue weighted by Gasteiger charge is -2.18. The molecule has 0 unspecified atom stereocenters. The van der Waals surface area contributed by atoms with Gasteiger partial charge in [0.15, 0.2) is 11.5 Å². The van der Waals surface area contributed by atoms with Crippen LogP contribution in [0.5, 0.6) is 17.2 Å². The normalized spacial score (nSPS) is 10.2. The Hall–Kier alpha value is -2.96. The molecule has 1 aromatic carbocycles. The summed E-state index contributed by atoms with van der Waals surface area (Å²) in [7, 11) is 4.59. The zero-order valence-corrected chi connectivity index (χ0v) is 14.8. The van der Waals surface area contributed by atoms with Crippen LogP contribution >= 0.6 is 0 Å². The molecule has 0 spiro atoms. The number of rotatable bonds is 7. The number of hydrogen-bond acceptors (Lipinski definition) is 5. The highest BCUT2D eigenvalue weighted by molar-refractivity contribution is 5.93. The monoisotopic (exact) mass is 346 g/mol. The molecule has 7 heteroatoms. The Morgan fingerprint density at radius 2 is 1.84 bits per heavy atom. The number of methoxy groups -OCH3 is 3. The van der Waals surface area contributed by atoms with Gasteiger partial charge >= 0.3 is 0 Å². The van der Waals surface area contributed by atoms with Crippen LogP contribution in [0.4, 0.5) is 5.69 Å². The van der Waals surface area contributed by atoms with E-state index >= 15 is 0 Å². The molecule has 1 N–H and O–H groups in total. The molecule has 0 atom stereocenters. The molecule has 25 heavy (non-hydrogen) atoms. The maximum Gasteiger partial charge on any atom is 0.250 e. The van der Waals surface area contributed by atoms with Crippen LogP contribution in [0.3, 0.4) is 0 Å². The van der Waals surface area contributed by atoms with Crippen LogP contribution in [-0.4, -0.2) is 31.8 Å². The fraction of sp³-hybridized carbons (Fsp3) is 0.333. The van der Waals surface area contributed by atoms with Crippen LogP contribution in [0.1, 0.15) is 12.0 Å². The molecule has 2 aromatic rings. The van der Waals surface area contributed by atoms with E-state index in [1.165, 1.54) is 24.9 Å². The Kier molecular flexibility index (Phi) is 6.05. The fourth-order valence-corrected chi connectivity index (χ4v) is 2.59. The lowest BCUT2D eigenvalue weighted by Crippen LogP contribution is -2.22. The van der Waals surface area contributed by atoms with E-state index in [2.05, 4.69) is 5.32 Å². The molecule has 0 saturated carbocycles. The topological polar surface area (TPSA) is 78.8 Å². The molecule has 1 aromatic heterocycles. The first-order valence-corrected chi connectivity index (χ1v) is 7.76. The van der Waals surface area contributed by atoms with E-state index in [9.17, 15) is 9.59 Å². The zero-order valence-electron chi connectivity index (χ0n) is 14.8. The maximum atomic E-state index is 12.3. The summed E-state index contributed by atoms with van der Waals surface area (Å²) in [6.45, 7) is 2.11. The molecule has 0 aliphatic rings. The molecule has 1 amide bonds. The number of carbonyl (C=O) groups is 1. The number of amides is 1. The largest absolute Gasteiger partial charge is 0.494 e. The van der Waals surface area contributed by atoms with Crippen molar-refractivity contribution in [2.45, 2.75) is 19.9 Å². The quantitative estimate of drug-likeness (QED) is 0.831. The van der Waals surface area contributed by atoms with Gasteiger partial charge in [0.05, 0.1) is 27.0 Å². The van der Waals surface area contributed by atoms with Gasteiger partial charge in [-0.05, 0) is 13.0 Å². The second-order valence-corrected chi connectivity index (χ2v) is 5.35. The summed E-state index contributed by atoms with van der Waals surface area (Å²) in [6, 6.07) is 6.52. The van der Waals surface area contributed by atoms with Crippen molar-refractivity contribution >= 4 is 11.6 Å². The molecule has 0 aliphatic heterocycles. The second-order valence-electron chi connectivity index (χ2n) is 5.35. The SMILES string of the molecule is COc1cc(NC(=O)CCn2ccccc2=O)c(OC)c(C)c1OC. The molecular formula is C18H22N2O5. The Labute approximate surface area is 146 Å². The lowest BCUT2D eigenvalue weighted by molar-refractivity contribution is -0.116. The van der Waals surface area contributed by atoms with Crippen LogP contribution in [-0.2, 0) is 11.3 Å². The fourth-order valence-electron chi connectivity index (χ4n) is 2.59. The van der Waals surface area contributed by atoms with Gasteiger partial charge in [0.25, 0.3) is 5.56 Å². The van der Waals surface area contributed by atoms with E-state index in [1.807, 2.05) is 6.92 Å². The molecule has 0 fully saturated rings. The lowest BCUT2D eigenvalue weighted by atomic mass is 10.1.